The third kappa shape index (κ3) is 4.12. The van der Waals surface area contributed by atoms with Crippen LogP contribution in [0.15, 0.2) is 72.9 Å². The summed E-state index contributed by atoms with van der Waals surface area (Å²) in [5.74, 6) is 0.307. The molecule has 2 aromatic carbocycles. The molecule has 0 aliphatic heterocycles. The first kappa shape index (κ1) is 16.0. The van der Waals surface area contributed by atoms with Crippen molar-refractivity contribution >= 4 is 29.0 Å². The van der Waals surface area contributed by atoms with Gasteiger partial charge < -0.3 is 10.6 Å². The highest BCUT2D eigenvalue weighted by molar-refractivity contribution is 6.31. The third-order valence-corrected chi connectivity index (χ3v) is 3.67. The molecule has 120 valence electrons. The Balaban J connectivity index is 1.74. The van der Waals surface area contributed by atoms with Gasteiger partial charge in [0.2, 0.25) is 0 Å². The van der Waals surface area contributed by atoms with Gasteiger partial charge in [-0.15, -0.1) is 0 Å². The molecular weight excluding hydrogens is 322 g/mol. The van der Waals surface area contributed by atoms with Gasteiger partial charge in [0.1, 0.15) is 5.82 Å². The SMILES string of the molecule is O=C(Nc1cccc(Cl)c1)c1cccnc1NCc1ccccc1. The number of pyridine rings is 1. The summed E-state index contributed by atoms with van der Waals surface area (Å²) in [6.45, 7) is 0.593. The van der Waals surface area contributed by atoms with Gasteiger partial charge in [-0.2, -0.15) is 0 Å². The standard InChI is InChI=1S/C19H16ClN3O/c20-15-8-4-9-16(12-15)23-19(24)17-10-5-11-21-18(17)22-13-14-6-2-1-3-7-14/h1-12H,13H2,(H,21,22)(H,23,24). The van der Waals surface area contributed by atoms with E-state index in [0.717, 1.165) is 5.56 Å². The average Bonchev–Trinajstić information content (AvgIpc) is 2.61. The van der Waals surface area contributed by atoms with E-state index >= 15 is 0 Å². The second kappa shape index (κ2) is 7.62. The van der Waals surface area contributed by atoms with Gasteiger partial charge in [-0.1, -0.05) is 48.0 Å². The molecule has 0 saturated heterocycles. The van der Waals surface area contributed by atoms with E-state index < -0.39 is 0 Å². The first-order valence-corrected chi connectivity index (χ1v) is 7.90. The first-order chi connectivity index (χ1) is 11.7. The molecule has 3 aromatic rings. The van der Waals surface area contributed by atoms with Gasteiger partial charge >= 0.3 is 0 Å². The lowest BCUT2D eigenvalue weighted by molar-refractivity contribution is 0.102. The molecule has 0 spiro atoms. The van der Waals surface area contributed by atoms with Crippen molar-refractivity contribution in [3.8, 4) is 0 Å². The molecule has 0 aliphatic carbocycles. The summed E-state index contributed by atoms with van der Waals surface area (Å²) in [5.41, 5.74) is 2.24. The van der Waals surface area contributed by atoms with Gasteiger partial charge in [0.05, 0.1) is 5.56 Å². The minimum Gasteiger partial charge on any atom is -0.365 e. The van der Waals surface area contributed by atoms with Gasteiger partial charge in [0, 0.05) is 23.5 Å². The average molecular weight is 338 g/mol. The van der Waals surface area contributed by atoms with Crippen molar-refractivity contribution in [1.82, 2.24) is 4.98 Å². The lowest BCUT2D eigenvalue weighted by atomic mass is 10.2. The molecule has 0 atom stereocenters. The monoisotopic (exact) mass is 337 g/mol. The zero-order chi connectivity index (χ0) is 16.8. The predicted molar refractivity (Wildman–Crippen MR) is 97.4 cm³/mol. The Morgan fingerprint density at radius 3 is 2.62 bits per heavy atom. The highest BCUT2D eigenvalue weighted by atomic mass is 35.5. The molecular formula is C19H16ClN3O. The van der Waals surface area contributed by atoms with Gasteiger partial charge in [0.15, 0.2) is 0 Å². The molecule has 24 heavy (non-hydrogen) atoms. The number of hydrogen-bond donors (Lipinski definition) is 2. The van der Waals surface area contributed by atoms with Crippen molar-refractivity contribution in [3.05, 3.63) is 89.1 Å². The van der Waals surface area contributed by atoms with Crippen molar-refractivity contribution in [2.75, 3.05) is 10.6 Å². The molecule has 1 aromatic heterocycles. The number of carbonyl (C=O) groups excluding carboxylic acids is 1. The lowest BCUT2D eigenvalue weighted by Gasteiger charge is -2.11. The number of benzene rings is 2. The van der Waals surface area contributed by atoms with Crippen molar-refractivity contribution in [2.24, 2.45) is 0 Å². The van der Waals surface area contributed by atoms with Crippen LogP contribution in [-0.2, 0) is 6.54 Å². The largest absolute Gasteiger partial charge is 0.365 e. The number of rotatable bonds is 5. The van der Waals surface area contributed by atoms with Gasteiger partial charge in [-0.25, -0.2) is 4.98 Å². The summed E-state index contributed by atoms with van der Waals surface area (Å²) in [6.07, 6.45) is 1.66. The van der Waals surface area contributed by atoms with Crippen LogP contribution in [0, 0.1) is 0 Å². The fourth-order valence-corrected chi connectivity index (χ4v) is 2.47. The summed E-state index contributed by atoms with van der Waals surface area (Å²) >= 11 is 5.95. The molecule has 4 nitrogen and oxygen atoms in total. The number of amides is 1. The van der Waals surface area contributed by atoms with Crippen molar-refractivity contribution in [2.45, 2.75) is 6.54 Å². The number of carbonyl (C=O) groups is 1. The first-order valence-electron chi connectivity index (χ1n) is 7.52. The van der Waals surface area contributed by atoms with Gasteiger partial charge in [-0.3, -0.25) is 4.79 Å². The molecule has 1 heterocycles. The summed E-state index contributed by atoms with van der Waals surface area (Å²) in [6, 6.07) is 20.5. The number of anilines is 2. The Hall–Kier alpha value is -2.85. The Morgan fingerprint density at radius 2 is 1.83 bits per heavy atom. The number of hydrogen-bond acceptors (Lipinski definition) is 3. The minimum absolute atomic E-state index is 0.235. The number of nitrogens with one attached hydrogen (secondary N) is 2. The van der Waals surface area contributed by atoms with Gasteiger partial charge in [-0.05, 0) is 35.9 Å². The fourth-order valence-electron chi connectivity index (χ4n) is 2.28. The van der Waals surface area contributed by atoms with Crippen LogP contribution in [0.4, 0.5) is 11.5 Å². The van der Waals surface area contributed by atoms with E-state index in [1.165, 1.54) is 0 Å². The van der Waals surface area contributed by atoms with Crippen LogP contribution in [0.25, 0.3) is 0 Å². The van der Waals surface area contributed by atoms with Crippen LogP contribution in [-0.4, -0.2) is 10.9 Å². The van der Waals surface area contributed by atoms with Crippen molar-refractivity contribution < 1.29 is 4.79 Å². The van der Waals surface area contributed by atoms with Crippen LogP contribution in [0.3, 0.4) is 0 Å². The molecule has 0 saturated carbocycles. The molecule has 0 bridgehead atoms. The van der Waals surface area contributed by atoms with Crippen LogP contribution in [0.1, 0.15) is 15.9 Å². The molecule has 5 heteroatoms. The zero-order valence-corrected chi connectivity index (χ0v) is 13.6. The van der Waals surface area contributed by atoms with Crippen LogP contribution < -0.4 is 10.6 Å². The fraction of sp³-hybridized carbons (Fsp3) is 0.0526. The lowest BCUT2D eigenvalue weighted by Crippen LogP contribution is -2.15. The Kier molecular flexibility index (Phi) is 5.08. The van der Waals surface area contributed by atoms with Crippen molar-refractivity contribution in [1.29, 1.82) is 0 Å². The van der Waals surface area contributed by atoms with E-state index in [1.807, 2.05) is 30.3 Å². The Labute approximate surface area is 145 Å². The number of nitrogens with zero attached hydrogens (tertiary/aromatic N) is 1. The summed E-state index contributed by atoms with van der Waals surface area (Å²) in [4.78, 5) is 16.8. The molecule has 2 N–H and O–H groups in total. The highest BCUT2D eigenvalue weighted by Crippen LogP contribution is 2.18. The zero-order valence-electron chi connectivity index (χ0n) is 12.9. The van der Waals surface area contributed by atoms with E-state index in [2.05, 4.69) is 15.6 Å². The molecule has 3 rings (SSSR count). The summed E-state index contributed by atoms with van der Waals surface area (Å²) in [5, 5.41) is 6.61. The van der Waals surface area contributed by atoms with E-state index in [1.54, 1.807) is 42.6 Å². The van der Waals surface area contributed by atoms with E-state index in [-0.39, 0.29) is 5.91 Å². The molecule has 0 fully saturated rings. The van der Waals surface area contributed by atoms with E-state index in [9.17, 15) is 4.79 Å². The molecule has 0 radical (unpaired) electrons. The molecule has 1 amide bonds. The normalized spacial score (nSPS) is 10.2. The van der Waals surface area contributed by atoms with Crippen molar-refractivity contribution in [3.63, 3.8) is 0 Å². The smallest absolute Gasteiger partial charge is 0.259 e. The van der Waals surface area contributed by atoms with Gasteiger partial charge in [0.25, 0.3) is 5.91 Å². The quantitative estimate of drug-likeness (QED) is 0.715. The van der Waals surface area contributed by atoms with Crippen LogP contribution in [0.2, 0.25) is 5.02 Å². The maximum Gasteiger partial charge on any atom is 0.259 e. The highest BCUT2D eigenvalue weighted by Gasteiger charge is 2.12. The predicted octanol–water partition coefficient (Wildman–Crippen LogP) is 4.60. The van der Waals surface area contributed by atoms with E-state index in [4.69, 9.17) is 11.6 Å². The number of halogens is 1. The third-order valence-electron chi connectivity index (χ3n) is 3.44. The van der Waals surface area contributed by atoms with Crippen LogP contribution >= 0.6 is 11.6 Å². The molecule has 0 unspecified atom stereocenters. The maximum atomic E-state index is 12.5. The maximum absolute atomic E-state index is 12.5. The Morgan fingerprint density at radius 1 is 1.00 bits per heavy atom. The second-order valence-electron chi connectivity index (χ2n) is 5.20. The van der Waals surface area contributed by atoms with E-state index in [0.29, 0.717) is 28.6 Å². The molecule has 0 aliphatic rings. The number of aromatic nitrogens is 1. The van der Waals surface area contributed by atoms with Crippen LogP contribution in [0.5, 0.6) is 0 Å². The second-order valence-corrected chi connectivity index (χ2v) is 5.64. The Bertz CT molecular complexity index is 837. The minimum atomic E-state index is -0.235. The summed E-state index contributed by atoms with van der Waals surface area (Å²) < 4.78 is 0. The summed E-state index contributed by atoms with van der Waals surface area (Å²) in [7, 11) is 0. The topological polar surface area (TPSA) is 54.0 Å².